The van der Waals surface area contributed by atoms with Crippen molar-refractivity contribution in [2.24, 2.45) is 5.73 Å². The molecule has 1 aromatic heterocycles. The van der Waals surface area contributed by atoms with Gasteiger partial charge in [-0.1, -0.05) is 24.3 Å². The zero-order chi connectivity index (χ0) is 12.1. The zero-order valence-corrected chi connectivity index (χ0v) is 9.85. The van der Waals surface area contributed by atoms with Crippen molar-refractivity contribution in [2.45, 2.75) is 6.92 Å². The maximum Gasteiger partial charge on any atom is 0.222 e. The summed E-state index contributed by atoms with van der Waals surface area (Å²) in [6.07, 6.45) is 3.66. The first-order chi connectivity index (χ1) is 8.31. The molecule has 88 valence electrons. The highest BCUT2D eigenvalue weighted by Crippen LogP contribution is 2.21. The molecule has 0 fully saturated rings. The Hall–Kier alpha value is -1.94. The van der Waals surface area contributed by atoms with Crippen LogP contribution in [-0.2, 0) is 0 Å². The van der Waals surface area contributed by atoms with Gasteiger partial charge in [0.1, 0.15) is 0 Å². The van der Waals surface area contributed by atoms with Gasteiger partial charge in [-0.15, -0.1) is 0 Å². The molecule has 2 aromatic rings. The minimum Gasteiger partial charge on any atom is -0.353 e. The van der Waals surface area contributed by atoms with Gasteiger partial charge in [-0.25, -0.2) is 9.97 Å². The largest absolute Gasteiger partial charge is 0.353 e. The van der Waals surface area contributed by atoms with Gasteiger partial charge in [0.2, 0.25) is 5.95 Å². The van der Waals surface area contributed by atoms with Gasteiger partial charge in [0.15, 0.2) is 0 Å². The topological polar surface area (TPSA) is 63.8 Å². The number of hydrogen-bond donors (Lipinski definition) is 2. The van der Waals surface area contributed by atoms with E-state index in [1.807, 2.05) is 24.5 Å². The number of benzene rings is 1. The highest BCUT2D eigenvalue weighted by atomic mass is 15.1. The monoisotopic (exact) mass is 228 g/mol. The standard InChI is InChI=1S/C13H16N4/c1-10-4-2-3-5-12(10)11-8-16-13(17-9-11)15-7-6-14/h2-5,8-9H,6-7,14H2,1H3,(H,15,16,17). The van der Waals surface area contributed by atoms with E-state index in [9.17, 15) is 0 Å². The van der Waals surface area contributed by atoms with Gasteiger partial charge in [0, 0.05) is 31.0 Å². The molecule has 1 aromatic carbocycles. The Bertz CT molecular complexity index is 479. The summed E-state index contributed by atoms with van der Waals surface area (Å²) in [5, 5.41) is 3.04. The van der Waals surface area contributed by atoms with Crippen molar-refractivity contribution in [1.29, 1.82) is 0 Å². The average Bonchev–Trinajstić information content (AvgIpc) is 2.38. The fourth-order valence-electron chi connectivity index (χ4n) is 1.64. The first kappa shape index (κ1) is 11.5. The van der Waals surface area contributed by atoms with Crippen molar-refractivity contribution in [3.05, 3.63) is 42.2 Å². The number of aryl methyl sites for hydroxylation is 1. The third kappa shape index (κ3) is 2.79. The second-order valence-corrected chi connectivity index (χ2v) is 3.83. The van der Waals surface area contributed by atoms with Crippen LogP contribution in [0.2, 0.25) is 0 Å². The van der Waals surface area contributed by atoms with E-state index in [0.717, 1.165) is 11.1 Å². The van der Waals surface area contributed by atoms with Crippen LogP contribution in [0.3, 0.4) is 0 Å². The van der Waals surface area contributed by atoms with E-state index in [2.05, 4.69) is 34.3 Å². The van der Waals surface area contributed by atoms with Crippen LogP contribution < -0.4 is 11.1 Å². The summed E-state index contributed by atoms with van der Waals surface area (Å²) >= 11 is 0. The molecule has 0 amide bonds. The Kier molecular flexibility index (Phi) is 3.67. The number of nitrogens with zero attached hydrogens (tertiary/aromatic N) is 2. The summed E-state index contributed by atoms with van der Waals surface area (Å²) in [5.74, 6) is 0.618. The number of aromatic nitrogens is 2. The van der Waals surface area contributed by atoms with Gasteiger partial charge < -0.3 is 11.1 Å². The predicted octanol–water partition coefficient (Wildman–Crippen LogP) is 1.82. The lowest BCUT2D eigenvalue weighted by Gasteiger charge is -2.06. The van der Waals surface area contributed by atoms with E-state index in [0.29, 0.717) is 19.0 Å². The zero-order valence-electron chi connectivity index (χ0n) is 9.85. The first-order valence-corrected chi connectivity index (χ1v) is 5.63. The molecule has 2 rings (SSSR count). The van der Waals surface area contributed by atoms with Crippen molar-refractivity contribution in [2.75, 3.05) is 18.4 Å². The van der Waals surface area contributed by atoms with Crippen LogP contribution in [0.15, 0.2) is 36.7 Å². The smallest absolute Gasteiger partial charge is 0.222 e. The third-order valence-corrected chi connectivity index (χ3v) is 2.54. The Balaban J connectivity index is 2.21. The van der Waals surface area contributed by atoms with Crippen LogP contribution in [0.25, 0.3) is 11.1 Å². The number of rotatable bonds is 4. The highest BCUT2D eigenvalue weighted by molar-refractivity contribution is 5.65. The number of nitrogens with one attached hydrogen (secondary N) is 1. The summed E-state index contributed by atoms with van der Waals surface area (Å²) in [4.78, 5) is 8.51. The molecule has 4 heteroatoms. The Morgan fingerprint density at radius 3 is 2.53 bits per heavy atom. The summed E-state index contributed by atoms with van der Waals surface area (Å²) in [7, 11) is 0. The maximum atomic E-state index is 5.40. The van der Waals surface area contributed by atoms with Crippen LogP contribution >= 0.6 is 0 Å². The van der Waals surface area contributed by atoms with Gasteiger partial charge in [-0.2, -0.15) is 0 Å². The van der Waals surface area contributed by atoms with Crippen molar-refractivity contribution >= 4 is 5.95 Å². The second kappa shape index (κ2) is 5.41. The molecule has 0 saturated heterocycles. The molecule has 0 bridgehead atoms. The van der Waals surface area contributed by atoms with E-state index in [1.54, 1.807) is 0 Å². The van der Waals surface area contributed by atoms with Crippen LogP contribution in [0.1, 0.15) is 5.56 Å². The molecule has 0 unspecified atom stereocenters. The molecular formula is C13H16N4. The predicted molar refractivity (Wildman–Crippen MR) is 69.7 cm³/mol. The summed E-state index contributed by atoms with van der Waals surface area (Å²) < 4.78 is 0. The van der Waals surface area contributed by atoms with Crippen molar-refractivity contribution in [1.82, 2.24) is 9.97 Å². The molecule has 17 heavy (non-hydrogen) atoms. The minimum atomic E-state index is 0.572. The van der Waals surface area contributed by atoms with Crippen molar-refractivity contribution < 1.29 is 0 Å². The van der Waals surface area contributed by atoms with Crippen LogP contribution in [0.4, 0.5) is 5.95 Å². The van der Waals surface area contributed by atoms with E-state index in [4.69, 9.17) is 5.73 Å². The lowest BCUT2D eigenvalue weighted by atomic mass is 10.0. The highest BCUT2D eigenvalue weighted by Gasteiger charge is 2.02. The normalized spacial score (nSPS) is 10.2. The molecule has 3 N–H and O–H groups in total. The second-order valence-electron chi connectivity index (χ2n) is 3.83. The summed E-state index contributed by atoms with van der Waals surface area (Å²) in [5.41, 5.74) is 8.81. The van der Waals surface area contributed by atoms with Gasteiger partial charge in [0.25, 0.3) is 0 Å². The minimum absolute atomic E-state index is 0.572. The quantitative estimate of drug-likeness (QED) is 0.838. The molecule has 0 aliphatic carbocycles. The van der Waals surface area contributed by atoms with Crippen molar-refractivity contribution in [3.8, 4) is 11.1 Å². The lowest BCUT2D eigenvalue weighted by Crippen LogP contribution is -2.14. The van der Waals surface area contributed by atoms with E-state index >= 15 is 0 Å². The molecule has 1 heterocycles. The molecule has 0 spiro atoms. The maximum absolute atomic E-state index is 5.40. The fraction of sp³-hybridized carbons (Fsp3) is 0.231. The number of nitrogens with two attached hydrogens (primary N) is 1. The van der Waals surface area contributed by atoms with Crippen molar-refractivity contribution in [3.63, 3.8) is 0 Å². The number of hydrogen-bond acceptors (Lipinski definition) is 4. The molecule has 0 radical (unpaired) electrons. The van der Waals surface area contributed by atoms with Crippen LogP contribution in [-0.4, -0.2) is 23.1 Å². The Morgan fingerprint density at radius 2 is 1.88 bits per heavy atom. The third-order valence-electron chi connectivity index (χ3n) is 2.54. The van der Waals surface area contributed by atoms with Gasteiger partial charge >= 0.3 is 0 Å². The molecule has 0 saturated carbocycles. The summed E-state index contributed by atoms with van der Waals surface area (Å²) in [6, 6.07) is 8.19. The Morgan fingerprint density at radius 1 is 1.18 bits per heavy atom. The molecule has 0 aliphatic heterocycles. The van der Waals surface area contributed by atoms with Gasteiger partial charge in [-0.3, -0.25) is 0 Å². The average molecular weight is 228 g/mol. The van der Waals surface area contributed by atoms with E-state index in [1.165, 1.54) is 5.56 Å². The fourth-order valence-corrected chi connectivity index (χ4v) is 1.64. The van der Waals surface area contributed by atoms with Crippen LogP contribution in [0, 0.1) is 6.92 Å². The number of anilines is 1. The summed E-state index contributed by atoms with van der Waals surface area (Å²) in [6.45, 7) is 3.34. The van der Waals surface area contributed by atoms with Crippen LogP contribution in [0.5, 0.6) is 0 Å². The first-order valence-electron chi connectivity index (χ1n) is 5.63. The molecular weight excluding hydrogens is 212 g/mol. The molecule has 0 atom stereocenters. The van der Waals surface area contributed by atoms with Gasteiger partial charge in [0.05, 0.1) is 0 Å². The Labute approximate surface area is 101 Å². The SMILES string of the molecule is Cc1ccccc1-c1cnc(NCCN)nc1. The molecule has 4 nitrogen and oxygen atoms in total. The van der Waals surface area contributed by atoms with Gasteiger partial charge in [-0.05, 0) is 18.1 Å². The molecule has 0 aliphatic rings. The lowest BCUT2D eigenvalue weighted by molar-refractivity contribution is 0.989. The van der Waals surface area contributed by atoms with E-state index < -0.39 is 0 Å². The van der Waals surface area contributed by atoms with E-state index in [-0.39, 0.29) is 0 Å².